The Balaban J connectivity index is 1.67. The quantitative estimate of drug-likeness (QED) is 0.873. The Labute approximate surface area is 146 Å². The van der Waals surface area contributed by atoms with E-state index in [2.05, 4.69) is 10.3 Å². The fourth-order valence-electron chi connectivity index (χ4n) is 4.18. The van der Waals surface area contributed by atoms with Crippen LogP contribution in [0.2, 0.25) is 0 Å². The summed E-state index contributed by atoms with van der Waals surface area (Å²) in [5.41, 5.74) is 0.865. The van der Waals surface area contributed by atoms with E-state index in [4.69, 9.17) is 4.74 Å². The highest BCUT2D eigenvalue weighted by Gasteiger charge is 2.39. The van der Waals surface area contributed by atoms with Gasteiger partial charge in [0.2, 0.25) is 5.43 Å². The molecule has 3 heterocycles. The topological polar surface area (TPSA) is 74.4 Å². The predicted molar refractivity (Wildman–Crippen MR) is 96.2 cm³/mol. The molecular formula is C19H23N3O3. The molecular weight excluding hydrogens is 318 g/mol. The van der Waals surface area contributed by atoms with Crippen LogP contribution in [0.5, 0.6) is 5.75 Å². The predicted octanol–water partition coefficient (Wildman–Crippen LogP) is 1.75. The molecule has 6 heteroatoms. The Morgan fingerprint density at radius 1 is 1.32 bits per heavy atom. The van der Waals surface area contributed by atoms with Crippen LogP contribution in [0.25, 0.3) is 10.9 Å². The summed E-state index contributed by atoms with van der Waals surface area (Å²) in [6.45, 7) is 3.42. The fourth-order valence-corrected chi connectivity index (χ4v) is 4.18. The molecule has 6 nitrogen and oxygen atoms in total. The van der Waals surface area contributed by atoms with Gasteiger partial charge in [0.1, 0.15) is 11.3 Å². The summed E-state index contributed by atoms with van der Waals surface area (Å²) in [4.78, 5) is 30.8. The van der Waals surface area contributed by atoms with Gasteiger partial charge in [-0.3, -0.25) is 9.59 Å². The zero-order valence-electron chi connectivity index (χ0n) is 14.4. The first-order valence-corrected chi connectivity index (χ1v) is 8.81. The largest absolute Gasteiger partial charge is 0.497 e. The highest BCUT2D eigenvalue weighted by Crippen LogP contribution is 2.35. The lowest BCUT2D eigenvalue weighted by molar-refractivity contribution is 0.0552. The Morgan fingerprint density at radius 3 is 2.96 bits per heavy atom. The summed E-state index contributed by atoms with van der Waals surface area (Å²) < 4.78 is 5.20. The third-order valence-electron chi connectivity index (χ3n) is 5.60. The minimum Gasteiger partial charge on any atom is -0.497 e. The summed E-state index contributed by atoms with van der Waals surface area (Å²) in [5, 5.41) is 3.90. The third-order valence-corrected chi connectivity index (χ3v) is 5.60. The summed E-state index contributed by atoms with van der Waals surface area (Å²) in [6.07, 6.45) is 4.79. The van der Waals surface area contributed by atoms with E-state index in [-0.39, 0.29) is 22.3 Å². The number of H-pyrrole nitrogens is 1. The minimum absolute atomic E-state index is 0.169. The van der Waals surface area contributed by atoms with Crippen molar-refractivity contribution < 1.29 is 9.53 Å². The third kappa shape index (κ3) is 2.80. The molecule has 1 spiro atoms. The van der Waals surface area contributed by atoms with Crippen LogP contribution in [0.15, 0.2) is 29.2 Å². The molecule has 1 aromatic heterocycles. The molecule has 1 amide bonds. The van der Waals surface area contributed by atoms with Crippen LogP contribution in [0.1, 0.15) is 29.6 Å². The number of nitrogens with zero attached hydrogens (tertiary/aromatic N) is 1. The van der Waals surface area contributed by atoms with Gasteiger partial charge in [-0.15, -0.1) is 0 Å². The van der Waals surface area contributed by atoms with Crippen LogP contribution in [0, 0.1) is 5.41 Å². The van der Waals surface area contributed by atoms with E-state index in [0.29, 0.717) is 16.7 Å². The number of methoxy groups -OCH3 is 1. The van der Waals surface area contributed by atoms with Gasteiger partial charge in [-0.05, 0) is 44.0 Å². The number of rotatable bonds is 2. The highest BCUT2D eigenvalue weighted by atomic mass is 16.5. The molecule has 0 unspecified atom stereocenters. The molecule has 25 heavy (non-hydrogen) atoms. The second-order valence-corrected chi connectivity index (χ2v) is 7.20. The van der Waals surface area contributed by atoms with E-state index in [1.165, 1.54) is 0 Å². The van der Waals surface area contributed by atoms with Crippen LogP contribution in [0.4, 0.5) is 0 Å². The molecule has 0 radical (unpaired) electrons. The number of nitrogens with one attached hydrogen (secondary N) is 2. The van der Waals surface area contributed by atoms with E-state index >= 15 is 0 Å². The van der Waals surface area contributed by atoms with E-state index in [1.54, 1.807) is 31.5 Å². The SMILES string of the molecule is COc1ccc2[nH]cc(C(=O)N3CCC[C@@]4(CCNC4)C3)c(=O)c2c1. The molecule has 0 aliphatic carbocycles. The van der Waals surface area contributed by atoms with Crippen LogP contribution >= 0.6 is 0 Å². The van der Waals surface area contributed by atoms with Crippen molar-refractivity contribution >= 4 is 16.8 Å². The van der Waals surface area contributed by atoms with Crippen molar-refractivity contribution in [1.29, 1.82) is 0 Å². The molecule has 2 saturated heterocycles. The summed E-state index contributed by atoms with van der Waals surface area (Å²) in [5.74, 6) is 0.438. The van der Waals surface area contributed by atoms with E-state index in [9.17, 15) is 9.59 Å². The molecule has 0 bridgehead atoms. The van der Waals surface area contributed by atoms with Gasteiger partial charge >= 0.3 is 0 Å². The smallest absolute Gasteiger partial charge is 0.259 e. The standard InChI is InChI=1S/C19H23N3O3/c1-25-13-3-4-16-14(9-13)17(23)15(10-21-16)18(24)22-8-2-5-19(12-22)6-7-20-11-19/h3-4,9-10,20H,2,5-8,11-12H2,1H3,(H,21,23)/t19-/m0/s1. The number of hydrogen-bond donors (Lipinski definition) is 2. The maximum absolute atomic E-state index is 13.0. The number of likely N-dealkylation sites (tertiary alicyclic amines) is 1. The van der Waals surface area contributed by atoms with Gasteiger partial charge in [-0.2, -0.15) is 0 Å². The molecule has 1 atom stereocenters. The van der Waals surface area contributed by atoms with E-state index in [1.807, 2.05) is 4.90 Å². The maximum atomic E-state index is 13.0. The van der Waals surface area contributed by atoms with Crippen molar-refractivity contribution in [2.45, 2.75) is 19.3 Å². The number of pyridine rings is 1. The molecule has 132 valence electrons. The number of ether oxygens (including phenoxy) is 1. The first-order valence-electron chi connectivity index (χ1n) is 8.81. The monoisotopic (exact) mass is 341 g/mol. The molecule has 2 N–H and O–H groups in total. The van der Waals surface area contributed by atoms with Gasteiger partial charge in [0.05, 0.1) is 7.11 Å². The van der Waals surface area contributed by atoms with Crippen molar-refractivity contribution in [2.24, 2.45) is 5.41 Å². The van der Waals surface area contributed by atoms with Crippen molar-refractivity contribution in [3.05, 3.63) is 40.2 Å². The lowest BCUT2D eigenvalue weighted by atomic mass is 9.79. The molecule has 2 aliphatic rings. The average Bonchev–Trinajstić information content (AvgIpc) is 3.09. The number of benzene rings is 1. The Morgan fingerprint density at radius 2 is 2.20 bits per heavy atom. The number of carbonyl (C=O) groups is 1. The van der Waals surface area contributed by atoms with E-state index in [0.717, 1.165) is 45.4 Å². The number of amides is 1. The van der Waals surface area contributed by atoms with Crippen molar-refractivity contribution in [1.82, 2.24) is 15.2 Å². The summed E-state index contributed by atoms with van der Waals surface area (Å²) >= 11 is 0. The number of carbonyl (C=O) groups excluding carboxylic acids is 1. The van der Waals surface area contributed by atoms with Gasteiger partial charge in [0.25, 0.3) is 5.91 Å². The van der Waals surface area contributed by atoms with Crippen LogP contribution < -0.4 is 15.5 Å². The molecule has 2 fully saturated rings. The van der Waals surface area contributed by atoms with Gasteiger partial charge in [0.15, 0.2) is 0 Å². The molecule has 1 aromatic carbocycles. The maximum Gasteiger partial charge on any atom is 0.259 e. The number of piperidine rings is 1. The average molecular weight is 341 g/mol. The normalized spacial score (nSPS) is 23.3. The van der Waals surface area contributed by atoms with Gasteiger partial charge in [-0.1, -0.05) is 0 Å². The first kappa shape index (κ1) is 16.1. The van der Waals surface area contributed by atoms with Crippen molar-refractivity contribution in [3.63, 3.8) is 0 Å². The molecule has 0 saturated carbocycles. The Hall–Kier alpha value is -2.34. The lowest BCUT2D eigenvalue weighted by Gasteiger charge is -2.40. The molecule has 2 aliphatic heterocycles. The highest BCUT2D eigenvalue weighted by molar-refractivity contribution is 5.97. The first-order chi connectivity index (χ1) is 12.1. The number of hydrogen-bond acceptors (Lipinski definition) is 4. The van der Waals surface area contributed by atoms with E-state index < -0.39 is 0 Å². The van der Waals surface area contributed by atoms with Crippen molar-refractivity contribution in [3.8, 4) is 5.75 Å². The second-order valence-electron chi connectivity index (χ2n) is 7.20. The summed E-state index contributed by atoms with van der Waals surface area (Å²) in [6, 6.07) is 5.27. The zero-order chi connectivity index (χ0) is 17.4. The van der Waals surface area contributed by atoms with Crippen LogP contribution in [-0.2, 0) is 0 Å². The molecule has 4 rings (SSSR count). The second kappa shape index (κ2) is 6.19. The van der Waals surface area contributed by atoms with Gasteiger partial charge < -0.3 is 19.9 Å². The lowest BCUT2D eigenvalue weighted by Crippen LogP contribution is -2.48. The minimum atomic E-state index is -0.234. The van der Waals surface area contributed by atoms with Gasteiger partial charge in [-0.25, -0.2) is 0 Å². The zero-order valence-corrected chi connectivity index (χ0v) is 14.4. The Kier molecular flexibility index (Phi) is 4.00. The number of fused-ring (bicyclic) bond motifs is 1. The van der Waals surface area contributed by atoms with Crippen LogP contribution in [-0.4, -0.2) is 49.1 Å². The fraction of sp³-hybridized carbons (Fsp3) is 0.474. The van der Waals surface area contributed by atoms with Gasteiger partial charge in [0, 0.05) is 42.1 Å². The summed E-state index contributed by atoms with van der Waals surface area (Å²) in [7, 11) is 1.56. The molecule has 2 aromatic rings. The Bertz CT molecular complexity index is 868. The van der Waals surface area contributed by atoms with Crippen molar-refractivity contribution in [2.75, 3.05) is 33.3 Å². The number of aromatic nitrogens is 1. The van der Waals surface area contributed by atoms with Crippen LogP contribution in [0.3, 0.4) is 0 Å². The number of aromatic amines is 1.